The fraction of sp³-hybridized carbons (Fsp3) is 0.462. The van der Waals surface area contributed by atoms with Crippen molar-refractivity contribution in [3.05, 3.63) is 18.2 Å². The molecule has 1 heterocycles. The number of anilines is 2. The molecule has 3 N–H and O–H groups in total. The number of piperazine rings is 1. The minimum absolute atomic E-state index is 0.0585. The summed E-state index contributed by atoms with van der Waals surface area (Å²) in [6.45, 7) is 2.86. The van der Waals surface area contributed by atoms with Gasteiger partial charge in [-0.2, -0.15) is 0 Å². The van der Waals surface area contributed by atoms with E-state index in [0.717, 1.165) is 4.31 Å². The molecule has 1 fully saturated rings. The highest BCUT2D eigenvalue weighted by molar-refractivity contribution is 7.89. The maximum absolute atomic E-state index is 12.3. The average molecular weight is 312 g/mol. The van der Waals surface area contributed by atoms with Crippen molar-refractivity contribution in [2.45, 2.75) is 17.9 Å². The zero-order chi connectivity index (χ0) is 15.8. The zero-order valence-corrected chi connectivity index (χ0v) is 13.1. The van der Waals surface area contributed by atoms with Crippen molar-refractivity contribution in [1.29, 1.82) is 0 Å². The number of nitrogens with zero attached hydrogens (tertiary/aromatic N) is 2. The Kier molecular flexibility index (Phi) is 4.11. The highest BCUT2D eigenvalue weighted by Gasteiger charge is 2.29. The highest BCUT2D eigenvalue weighted by atomic mass is 32.2. The summed E-state index contributed by atoms with van der Waals surface area (Å²) < 4.78 is 25.7. The van der Waals surface area contributed by atoms with Crippen molar-refractivity contribution < 1.29 is 13.2 Å². The van der Waals surface area contributed by atoms with Gasteiger partial charge in [0, 0.05) is 27.2 Å². The normalized spacial score (nSPS) is 19.7. The van der Waals surface area contributed by atoms with Crippen LogP contribution in [0.4, 0.5) is 11.4 Å². The third-order valence-corrected chi connectivity index (χ3v) is 5.48. The van der Waals surface area contributed by atoms with Crippen molar-refractivity contribution in [2.24, 2.45) is 0 Å². The summed E-state index contributed by atoms with van der Waals surface area (Å²) in [4.78, 5) is 13.6. The molecular weight excluding hydrogens is 292 g/mol. The number of hydrogen-bond acceptors (Lipinski definition) is 5. The molecule has 0 radical (unpaired) electrons. The number of amides is 1. The lowest BCUT2D eigenvalue weighted by molar-refractivity contribution is -0.122. The number of sulfonamides is 1. The van der Waals surface area contributed by atoms with Crippen molar-refractivity contribution in [2.75, 3.05) is 37.8 Å². The van der Waals surface area contributed by atoms with Crippen LogP contribution < -0.4 is 16.0 Å². The van der Waals surface area contributed by atoms with Gasteiger partial charge in [-0.15, -0.1) is 0 Å². The number of nitrogens with one attached hydrogen (secondary N) is 1. The first-order valence-corrected chi connectivity index (χ1v) is 8.06. The first kappa shape index (κ1) is 15.6. The Morgan fingerprint density at radius 3 is 2.67 bits per heavy atom. The third-order valence-electron chi connectivity index (χ3n) is 3.61. The number of hydrogen-bond donors (Lipinski definition) is 2. The largest absolute Gasteiger partial charge is 0.396 e. The van der Waals surface area contributed by atoms with E-state index in [1.165, 1.54) is 20.2 Å². The Bertz CT molecular complexity index is 657. The van der Waals surface area contributed by atoms with Gasteiger partial charge < -0.3 is 16.0 Å². The van der Waals surface area contributed by atoms with Crippen LogP contribution in [0.15, 0.2) is 23.1 Å². The Balaban J connectivity index is 2.50. The van der Waals surface area contributed by atoms with Crippen LogP contribution in [0.3, 0.4) is 0 Å². The predicted octanol–water partition coefficient (Wildman–Crippen LogP) is -0.156. The molecule has 1 atom stereocenters. The molecule has 1 unspecified atom stereocenters. The van der Waals surface area contributed by atoms with Gasteiger partial charge in [-0.05, 0) is 19.1 Å². The van der Waals surface area contributed by atoms with Crippen molar-refractivity contribution in [3.8, 4) is 0 Å². The highest BCUT2D eigenvalue weighted by Crippen LogP contribution is 2.32. The summed E-state index contributed by atoms with van der Waals surface area (Å²) in [5, 5.41) is 2.77. The molecule has 116 valence electrons. The first-order valence-electron chi connectivity index (χ1n) is 6.62. The predicted molar refractivity (Wildman–Crippen MR) is 81.5 cm³/mol. The molecule has 1 amide bonds. The monoisotopic (exact) mass is 312 g/mol. The Morgan fingerprint density at radius 2 is 2.05 bits per heavy atom. The number of nitrogen functional groups attached to an aromatic ring is 1. The van der Waals surface area contributed by atoms with E-state index in [-0.39, 0.29) is 16.5 Å². The van der Waals surface area contributed by atoms with E-state index >= 15 is 0 Å². The average Bonchev–Trinajstić information content (AvgIpc) is 2.42. The molecule has 0 aliphatic carbocycles. The Labute approximate surface area is 124 Å². The Hall–Kier alpha value is -1.80. The maximum atomic E-state index is 12.3. The molecule has 0 spiro atoms. The fourth-order valence-electron chi connectivity index (χ4n) is 2.32. The van der Waals surface area contributed by atoms with E-state index < -0.39 is 16.1 Å². The molecule has 1 aromatic carbocycles. The van der Waals surface area contributed by atoms with E-state index in [0.29, 0.717) is 18.8 Å². The lowest BCUT2D eigenvalue weighted by Crippen LogP contribution is -2.54. The molecule has 0 bridgehead atoms. The van der Waals surface area contributed by atoms with Crippen LogP contribution in [0.1, 0.15) is 6.92 Å². The molecule has 1 aliphatic rings. The van der Waals surface area contributed by atoms with Gasteiger partial charge in [0.2, 0.25) is 15.9 Å². The lowest BCUT2D eigenvalue weighted by atomic mass is 10.1. The van der Waals surface area contributed by atoms with E-state index in [2.05, 4.69) is 5.32 Å². The molecule has 7 nitrogen and oxygen atoms in total. The van der Waals surface area contributed by atoms with Crippen molar-refractivity contribution >= 4 is 27.3 Å². The topological polar surface area (TPSA) is 95.7 Å². The number of carbonyl (C=O) groups excluding carboxylic acids is 1. The second-order valence-electron chi connectivity index (χ2n) is 5.14. The first-order chi connectivity index (χ1) is 9.76. The van der Waals surface area contributed by atoms with Crippen molar-refractivity contribution in [3.63, 3.8) is 0 Å². The van der Waals surface area contributed by atoms with Crippen LogP contribution in [0, 0.1) is 0 Å². The molecule has 8 heteroatoms. The summed E-state index contributed by atoms with van der Waals surface area (Å²) in [5.74, 6) is -0.0958. The summed E-state index contributed by atoms with van der Waals surface area (Å²) in [7, 11) is -0.705. The smallest absolute Gasteiger partial charge is 0.244 e. The second-order valence-corrected chi connectivity index (χ2v) is 7.26. The molecule has 1 saturated heterocycles. The number of nitrogens with two attached hydrogens (primary N) is 1. The molecule has 0 saturated carbocycles. The van der Waals surface area contributed by atoms with Crippen LogP contribution in [0.5, 0.6) is 0 Å². The molecule has 0 aromatic heterocycles. The summed E-state index contributed by atoms with van der Waals surface area (Å²) in [6, 6.07) is 4.46. The minimum Gasteiger partial charge on any atom is -0.396 e. The van der Waals surface area contributed by atoms with E-state index in [9.17, 15) is 13.2 Å². The van der Waals surface area contributed by atoms with Crippen LogP contribution in [0.2, 0.25) is 0 Å². The van der Waals surface area contributed by atoms with Gasteiger partial charge in [-0.25, -0.2) is 12.7 Å². The summed E-state index contributed by atoms with van der Waals surface area (Å²) in [5.41, 5.74) is 6.81. The van der Waals surface area contributed by atoms with E-state index in [1.54, 1.807) is 19.1 Å². The number of benzene rings is 1. The van der Waals surface area contributed by atoms with Gasteiger partial charge in [0.05, 0.1) is 11.4 Å². The molecular formula is C13H20N4O3S. The summed E-state index contributed by atoms with van der Waals surface area (Å²) in [6.07, 6.45) is 0. The number of para-hydroxylation sites is 1. The van der Waals surface area contributed by atoms with Crippen LogP contribution in [0.25, 0.3) is 0 Å². The third kappa shape index (κ3) is 2.68. The molecule has 1 aromatic rings. The van der Waals surface area contributed by atoms with Gasteiger partial charge in [0.25, 0.3) is 0 Å². The minimum atomic E-state index is -3.62. The standard InChI is InChI=1S/C13H20N4O3S/c1-9-13(18)15-7-8-17(9)10-5-4-6-11(12(10)14)21(19,20)16(2)3/h4-6,9H,7-8,14H2,1-3H3,(H,15,18). The van der Waals surface area contributed by atoms with Gasteiger partial charge in [0.15, 0.2) is 0 Å². The van der Waals surface area contributed by atoms with Crippen molar-refractivity contribution in [1.82, 2.24) is 9.62 Å². The van der Waals surface area contributed by atoms with E-state index in [4.69, 9.17) is 5.73 Å². The SMILES string of the molecule is CC1C(=O)NCCN1c1cccc(S(=O)(=O)N(C)C)c1N. The summed E-state index contributed by atoms with van der Waals surface area (Å²) >= 11 is 0. The van der Waals surface area contributed by atoms with Crippen LogP contribution in [-0.2, 0) is 14.8 Å². The van der Waals surface area contributed by atoms with Crippen LogP contribution in [-0.4, -0.2) is 51.9 Å². The van der Waals surface area contributed by atoms with Gasteiger partial charge in [-0.1, -0.05) is 6.07 Å². The molecule has 2 rings (SSSR count). The second kappa shape index (κ2) is 5.53. The van der Waals surface area contributed by atoms with Crippen LogP contribution >= 0.6 is 0 Å². The number of rotatable bonds is 3. The Morgan fingerprint density at radius 1 is 1.38 bits per heavy atom. The zero-order valence-electron chi connectivity index (χ0n) is 12.3. The lowest BCUT2D eigenvalue weighted by Gasteiger charge is -2.35. The molecule has 1 aliphatic heterocycles. The maximum Gasteiger partial charge on any atom is 0.244 e. The quantitative estimate of drug-likeness (QED) is 0.756. The number of carbonyl (C=O) groups is 1. The molecule has 21 heavy (non-hydrogen) atoms. The van der Waals surface area contributed by atoms with Gasteiger partial charge >= 0.3 is 0 Å². The van der Waals surface area contributed by atoms with Gasteiger partial charge in [0.1, 0.15) is 10.9 Å². The fourth-order valence-corrected chi connectivity index (χ4v) is 3.34. The van der Waals surface area contributed by atoms with Gasteiger partial charge in [-0.3, -0.25) is 4.79 Å². The van der Waals surface area contributed by atoms with E-state index in [1.807, 2.05) is 4.90 Å².